The largest absolute Gasteiger partial charge is 0.493 e. The molecular weight excluding hydrogens is 637 g/mol. The Labute approximate surface area is 280 Å². The Balaban J connectivity index is 1.45. The number of ether oxygens (including phenoxy) is 3. The highest BCUT2D eigenvalue weighted by Crippen LogP contribution is 2.40. The lowest BCUT2D eigenvalue weighted by Gasteiger charge is -2.24. The van der Waals surface area contributed by atoms with Crippen molar-refractivity contribution in [3.05, 3.63) is 137 Å². The van der Waals surface area contributed by atoms with Gasteiger partial charge in [0.05, 0.1) is 12.8 Å². The van der Waals surface area contributed by atoms with Gasteiger partial charge < -0.3 is 19.3 Å². The molecule has 2 N–H and O–H groups in total. The predicted octanol–water partition coefficient (Wildman–Crippen LogP) is 7.55. The third-order valence-corrected chi connectivity index (χ3v) is 8.81. The summed E-state index contributed by atoms with van der Waals surface area (Å²) in [4.78, 5) is 12.6. The van der Waals surface area contributed by atoms with Crippen LogP contribution in [-0.4, -0.2) is 36.3 Å². The van der Waals surface area contributed by atoms with Crippen LogP contribution in [0, 0.1) is 12.7 Å². The van der Waals surface area contributed by atoms with Gasteiger partial charge in [-0.2, -0.15) is 12.7 Å². The summed E-state index contributed by atoms with van der Waals surface area (Å²) in [6.07, 6.45) is 0.445. The summed E-state index contributed by atoms with van der Waals surface area (Å²) in [7, 11) is -4.51. The second-order valence-corrected chi connectivity index (χ2v) is 14.0. The van der Waals surface area contributed by atoms with Crippen LogP contribution in [0.3, 0.4) is 0 Å². The summed E-state index contributed by atoms with van der Waals surface area (Å²) in [5.41, 5.74) is 2.97. The van der Waals surface area contributed by atoms with E-state index in [0.29, 0.717) is 25.4 Å². The lowest BCUT2D eigenvalue weighted by atomic mass is 10.0. The molecule has 0 saturated heterocycles. The Morgan fingerprint density at radius 1 is 0.896 bits per heavy atom. The number of nitrogens with zero attached hydrogens (tertiary/aromatic N) is 2. The molecule has 0 spiro atoms. The topological polar surface area (TPSA) is 118 Å². The van der Waals surface area contributed by atoms with E-state index >= 15 is 4.39 Å². The third kappa shape index (κ3) is 8.44. The van der Waals surface area contributed by atoms with E-state index in [4.69, 9.17) is 14.2 Å². The van der Waals surface area contributed by atoms with Gasteiger partial charge in [0.2, 0.25) is 5.88 Å². The smallest absolute Gasteiger partial charge is 0.412 e. The summed E-state index contributed by atoms with van der Waals surface area (Å²) in [6.45, 7) is 6.77. The third-order valence-electron chi connectivity index (χ3n) is 7.18. The Morgan fingerprint density at radius 2 is 1.54 bits per heavy atom. The zero-order valence-corrected chi connectivity index (χ0v) is 28.0. The van der Waals surface area contributed by atoms with Crippen LogP contribution in [0.4, 0.5) is 20.6 Å². The van der Waals surface area contributed by atoms with Gasteiger partial charge >= 0.3 is 16.3 Å². The first kappa shape index (κ1) is 34.3. The molecule has 4 aromatic carbocycles. The minimum atomic E-state index is -4.51. The zero-order chi connectivity index (χ0) is 34.5. The van der Waals surface area contributed by atoms with Gasteiger partial charge in [-0.1, -0.05) is 72.8 Å². The molecule has 12 heteroatoms. The number of rotatable bonds is 11. The molecule has 48 heavy (non-hydrogen) atoms. The highest BCUT2D eigenvalue weighted by molar-refractivity contribution is 7.91. The van der Waals surface area contributed by atoms with Gasteiger partial charge in [0.15, 0.2) is 5.82 Å². The van der Waals surface area contributed by atoms with E-state index in [-0.39, 0.29) is 25.4 Å². The van der Waals surface area contributed by atoms with Crippen molar-refractivity contribution >= 4 is 27.7 Å². The number of halogens is 1. The number of aliphatic hydroxyl groups is 1. The van der Waals surface area contributed by atoms with E-state index in [9.17, 15) is 18.3 Å². The van der Waals surface area contributed by atoms with E-state index in [1.165, 1.54) is 6.07 Å². The molecule has 0 aliphatic carbocycles. The number of aryl methyl sites for hydroxylation is 1. The zero-order valence-electron chi connectivity index (χ0n) is 27.1. The van der Waals surface area contributed by atoms with Gasteiger partial charge in [-0.15, -0.1) is 0 Å². The molecule has 0 bridgehead atoms. The van der Waals surface area contributed by atoms with Crippen LogP contribution in [0.5, 0.6) is 5.75 Å². The van der Waals surface area contributed by atoms with Crippen LogP contribution < -0.4 is 14.4 Å². The van der Waals surface area contributed by atoms with Gasteiger partial charge in [0.1, 0.15) is 30.4 Å². The normalized spacial score (nSPS) is 14.1. The van der Waals surface area contributed by atoms with Crippen LogP contribution in [0.25, 0.3) is 0 Å². The number of carbonyl (C=O) groups is 1. The molecule has 1 aliphatic heterocycles. The second-order valence-electron chi connectivity index (χ2n) is 12.3. The number of anilines is 2. The molecule has 0 unspecified atom stereocenters. The summed E-state index contributed by atoms with van der Waals surface area (Å²) < 4.78 is 61.9. The molecule has 252 valence electrons. The minimum Gasteiger partial charge on any atom is -0.493 e. The standard InChI is InChI=1S/C36H38FN3O7S/c1-25-15-16-29(31(17-25)38-35(42)47-36(2,3)4)18-28-19-30(37)34(32(20-28)46-23-27-13-9-6-10-14-27)39-21-33(41)40(48(39,43)44)24-45-22-26-11-7-5-8-12-26/h5-17,19-21,41H,18,22-24H2,1-4H3,(H,38,42). The molecule has 5 rings (SSSR count). The van der Waals surface area contributed by atoms with E-state index in [2.05, 4.69) is 5.32 Å². The van der Waals surface area contributed by atoms with Crippen molar-refractivity contribution in [3.8, 4) is 5.75 Å². The lowest BCUT2D eigenvalue weighted by molar-refractivity contribution is 0.0556. The van der Waals surface area contributed by atoms with Crippen molar-refractivity contribution in [2.24, 2.45) is 0 Å². The summed E-state index contributed by atoms with van der Waals surface area (Å²) in [6, 6.07) is 26.5. The molecule has 0 saturated carbocycles. The molecule has 0 radical (unpaired) electrons. The Kier molecular flexibility index (Phi) is 10.3. The lowest BCUT2D eigenvalue weighted by Crippen LogP contribution is -2.36. The number of hydrogen-bond donors (Lipinski definition) is 2. The van der Waals surface area contributed by atoms with Gasteiger partial charge in [-0.3, -0.25) is 5.32 Å². The van der Waals surface area contributed by atoms with Gasteiger partial charge in [0.25, 0.3) is 0 Å². The number of nitrogens with one attached hydrogen (secondary N) is 1. The van der Waals surface area contributed by atoms with Crippen molar-refractivity contribution in [3.63, 3.8) is 0 Å². The number of benzene rings is 4. The Bertz CT molecular complexity index is 1900. The van der Waals surface area contributed by atoms with Gasteiger partial charge in [-0.05, 0) is 80.1 Å². The summed E-state index contributed by atoms with van der Waals surface area (Å²) in [5, 5.41) is 13.4. The Hall–Kier alpha value is -5.07. The summed E-state index contributed by atoms with van der Waals surface area (Å²) in [5.74, 6) is -1.61. The number of aliphatic hydroxyl groups excluding tert-OH is 1. The van der Waals surface area contributed by atoms with E-state index < -0.39 is 46.0 Å². The molecule has 1 heterocycles. The van der Waals surface area contributed by atoms with Crippen LogP contribution in [0.2, 0.25) is 0 Å². The fourth-order valence-corrected chi connectivity index (χ4v) is 6.32. The first-order chi connectivity index (χ1) is 22.8. The van der Waals surface area contributed by atoms with Crippen molar-refractivity contribution in [2.45, 2.75) is 52.9 Å². The first-order valence-electron chi connectivity index (χ1n) is 15.2. The highest BCUT2D eigenvalue weighted by Gasteiger charge is 2.41. The van der Waals surface area contributed by atoms with Crippen LogP contribution >= 0.6 is 0 Å². The molecular formula is C36H38FN3O7S. The fraction of sp³-hybridized carbons (Fsp3) is 0.250. The SMILES string of the molecule is Cc1ccc(Cc2cc(F)c(N3C=C(O)N(COCc4ccccc4)S3(=O)=O)c(OCc3ccccc3)c2)c(NC(=O)OC(C)(C)C)c1. The van der Waals surface area contributed by atoms with E-state index in [1.807, 2.05) is 79.7 Å². The molecule has 1 aliphatic rings. The average molecular weight is 676 g/mol. The molecule has 0 fully saturated rings. The fourth-order valence-electron chi connectivity index (χ4n) is 4.98. The van der Waals surface area contributed by atoms with Crippen molar-refractivity contribution in [2.75, 3.05) is 16.4 Å². The van der Waals surface area contributed by atoms with Crippen LogP contribution in [-0.2, 0) is 39.3 Å². The number of amides is 1. The predicted molar refractivity (Wildman–Crippen MR) is 181 cm³/mol. The van der Waals surface area contributed by atoms with E-state index in [0.717, 1.165) is 22.9 Å². The minimum absolute atomic E-state index is 0.0141. The maximum absolute atomic E-state index is 16.2. The molecule has 10 nitrogen and oxygen atoms in total. The molecule has 0 atom stereocenters. The van der Waals surface area contributed by atoms with Crippen LogP contribution in [0.15, 0.2) is 103 Å². The van der Waals surface area contributed by atoms with Crippen molar-refractivity contribution < 1.29 is 36.9 Å². The average Bonchev–Trinajstić information content (AvgIpc) is 3.24. The molecule has 1 amide bonds. The quantitative estimate of drug-likeness (QED) is 0.169. The Morgan fingerprint density at radius 3 is 2.19 bits per heavy atom. The first-order valence-corrected chi connectivity index (χ1v) is 16.6. The maximum atomic E-state index is 16.2. The number of carbonyl (C=O) groups excluding carboxylic acids is 1. The molecule has 4 aromatic rings. The summed E-state index contributed by atoms with van der Waals surface area (Å²) >= 11 is 0. The highest BCUT2D eigenvalue weighted by atomic mass is 32.2. The number of hydrogen-bond acceptors (Lipinski definition) is 7. The monoisotopic (exact) mass is 675 g/mol. The van der Waals surface area contributed by atoms with Crippen molar-refractivity contribution in [1.82, 2.24) is 4.31 Å². The van der Waals surface area contributed by atoms with Crippen molar-refractivity contribution in [1.29, 1.82) is 0 Å². The van der Waals surface area contributed by atoms with E-state index in [1.54, 1.807) is 32.9 Å². The maximum Gasteiger partial charge on any atom is 0.412 e. The second kappa shape index (κ2) is 14.4. The van der Waals surface area contributed by atoms with Crippen LogP contribution in [0.1, 0.15) is 48.6 Å². The molecule has 0 aromatic heterocycles. The van der Waals surface area contributed by atoms with Gasteiger partial charge in [0, 0.05) is 5.69 Å². The van der Waals surface area contributed by atoms with Gasteiger partial charge in [-0.25, -0.2) is 13.5 Å².